The molecule has 33 heavy (non-hydrogen) atoms. The zero-order valence-corrected chi connectivity index (χ0v) is 20.1. The number of nitrogens with zero attached hydrogens (tertiary/aromatic N) is 2. The summed E-state index contributed by atoms with van der Waals surface area (Å²) in [5.41, 5.74) is 0.849. The predicted octanol–water partition coefficient (Wildman–Crippen LogP) is 2.32. The molecule has 0 unspecified atom stereocenters. The normalized spacial score (nSPS) is 22.2. The molecule has 4 rings (SSSR count). The van der Waals surface area contributed by atoms with Crippen LogP contribution in [-0.2, 0) is 24.6 Å². The molecule has 0 aromatic heterocycles. The van der Waals surface area contributed by atoms with Crippen molar-refractivity contribution in [3.05, 3.63) is 60.2 Å². The van der Waals surface area contributed by atoms with Crippen molar-refractivity contribution < 1.29 is 26.4 Å². The molecule has 2 aliphatic heterocycles. The summed E-state index contributed by atoms with van der Waals surface area (Å²) in [6, 6.07) is 14.1. The average molecular weight is 493 g/mol. The van der Waals surface area contributed by atoms with Crippen molar-refractivity contribution in [3.63, 3.8) is 0 Å². The molecular weight excluding hydrogens is 464 g/mol. The van der Waals surface area contributed by atoms with E-state index in [0.29, 0.717) is 30.8 Å². The highest BCUT2D eigenvalue weighted by molar-refractivity contribution is 7.92. The second kappa shape index (κ2) is 9.44. The molecule has 2 atom stereocenters. The molecule has 2 saturated heterocycles. The molecule has 2 aromatic carbocycles. The van der Waals surface area contributed by atoms with E-state index >= 15 is 0 Å². The molecular formula is C23H28N2O6S2. The van der Waals surface area contributed by atoms with Crippen LogP contribution in [0.25, 0.3) is 0 Å². The Bertz CT molecular complexity index is 1190. The van der Waals surface area contributed by atoms with Gasteiger partial charge < -0.3 is 9.64 Å². The lowest BCUT2D eigenvalue weighted by molar-refractivity contribution is 0.0441. The van der Waals surface area contributed by atoms with Crippen molar-refractivity contribution in [2.75, 3.05) is 36.0 Å². The van der Waals surface area contributed by atoms with Gasteiger partial charge in [0.15, 0.2) is 9.84 Å². The number of sulfone groups is 1. The highest BCUT2D eigenvalue weighted by atomic mass is 32.2. The molecule has 10 heteroatoms. The smallest absolute Gasteiger partial charge is 0.264 e. The van der Waals surface area contributed by atoms with E-state index in [1.54, 1.807) is 29.2 Å². The van der Waals surface area contributed by atoms with Crippen molar-refractivity contribution in [1.29, 1.82) is 0 Å². The lowest BCUT2D eigenvalue weighted by Crippen LogP contribution is -2.45. The zero-order valence-electron chi connectivity index (χ0n) is 18.5. The molecule has 0 spiro atoms. The second-order valence-corrected chi connectivity index (χ2v) is 12.7. The summed E-state index contributed by atoms with van der Waals surface area (Å²) in [5, 5.41) is 0. The third-order valence-electron chi connectivity index (χ3n) is 6.21. The Hall–Kier alpha value is -2.43. The van der Waals surface area contributed by atoms with Gasteiger partial charge in [0.1, 0.15) is 0 Å². The van der Waals surface area contributed by atoms with Crippen LogP contribution < -0.4 is 4.31 Å². The first-order valence-corrected chi connectivity index (χ1v) is 14.2. The lowest BCUT2D eigenvalue weighted by atomic mass is 10.1. The van der Waals surface area contributed by atoms with Crippen molar-refractivity contribution in [1.82, 2.24) is 4.90 Å². The van der Waals surface area contributed by atoms with Gasteiger partial charge in [-0.1, -0.05) is 18.2 Å². The summed E-state index contributed by atoms with van der Waals surface area (Å²) in [4.78, 5) is 15.0. The monoisotopic (exact) mass is 492 g/mol. The average Bonchev–Trinajstić information content (AvgIpc) is 3.46. The van der Waals surface area contributed by atoms with Crippen molar-refractivity contribution in [2.24, 2.45) is 0 Å². The van der Waals surface area contributed by atoms with Gasteiger partial charge in [-0.3, -0.25) is 9.10 Å². The van der Waals surface area contributed by atoms with Crippen LogP contribution in [0, 0.1) is 0 Å². The highest BCUT2D eigenvalue weighted by Crippen LogP contribution is 2.25. The quantitative estimate of drug-likeness (QED) is 0.588. The first-order valence-electron chi connectivity index (χ1n) is 10.9. The van der Waals surface area contributed by atoms with Crippen molar-refractivity contribution >= 4 is 31.5 Å². The van der Waals surface area contributed by atoms with E-state index in [-0.39, 0.29) is 28.4 Å². The third kappa shape index (κ3) is 5.23. The lowest BCUT2D eigenvalue weighted by Gasteiger charge is -2.30. The minimum Gasteiger partial charge on any atom is -0.376 e. The highest BCUT2D eigenvalue weighted by Gasteiger charge is 2.37. The number of anilines is 1. The zero-order chi connectivity index (χ0) is 23.6. The number of hydrogen-bond acceptors (Lipinski definition) is 6. The van der Waals surface area contributed by atoms with Crippen LogP contribution in [-0.4, -0.2) is 71.5 Å². The Kier molecular flexibility index (Phi) is 6.78. The van der Waals surface area contributed by atoms with Crippen LogP contribution in [0.15, 0.2) is 59.5 Å². The molecule has 178 valence electrons. The summed E-state index contributed by atoms with van der Waals surface area (Å²) >= 11 is 0. The van der Waals surface area contributed by atoms with Gasteiger partial charge >= 0.3 is 0 Å². The summed E-state index contributed by atoms with van der Waals surface area (Å²) < 4.78 is 57.0. The summed E-state index contributed by atoms with van der Waals surface area (Å²) in [6.45, 7) is 0.965. The molecule has 0 bridgehead atoms. The number of sulfonamides is 1. The van der Waals surface area contributed by atoms with Gasteiger partial charge in [0.25, 0.3) is 15.9 Å². The van der Waals surface area contributed by atoms with Gasteiger partial charge in [0.2, 0.25) is 0 Å². The number of para-hydroxylation sites is 1. The molecule has 0 saturated carbocycles. The Morgan fingerprint density at radius 1 is 1.06 bits per heavy atom. The maximum absolute atomic E-state index is 13.4. The number of ether oxygens (including phenoxy) is 1. The van der Waals surface area contributed by atoms with Gasteiger partial charge in [-0.05, 0) is 55.7 Å². The summed E-state index contributed by atoms with van der Waals surface area (Å²) in [7, 11) is -5.49. The first-order chi connectivity index (χ1) is 15.7. The Morgan fingerprint density at radius 2 is 1.76 bits per heavy atom. The van der Waals surface area contributed by atoms with Crippen LogP contribution in [0.2, 0.25) is 0 Å². The molecule has 0 N–H and O–H groups in total. The van der Waals surface area contributed by atoms with Gasteiger partial charge in [0.05, 0.1) is 28.2 Å². The number of amides is 1. The largest absolute Gasteiger partial charge is 0.376 e. The maximum atomic E-state index is 13.4. The van der Waals surface area contributed by atoms with Crippen molar-refractivity contribution in [3.8, 4) is 0 Å². The molecule has 2 heterocycles. The predicted molar refractivity (Wildman–Crippen MR) is 126 cm³/mol. The van der Waals surface area contributed by atoms with E-state index in [9.17, 15) is 21.6 Å². The molecule has 8 nitrogen and oxygen atoms in total. The minimum atomic E-state index is -3.80. The fourth-order valence-corrected chi connectivity index (χ4v) is 7.22. The van der Waals surface area contributed by atoms with Crippen LogP contribution >= 0.6 is 0 Å². The van der Waals surface area contributed by atoms with Gasteiger partial charge in [-0.2, -0.15) is 0 Å². The van der Waals surface area contributed by atoms with Crippen LogP contribution in [0.1, 0.15) is 29.6 Å². The first kappa shape index (κ1) is 23.7. The van der Waals surface area contributed by atoms with E-state index in [1.807, 2.05) is 6.07 Å². The van der Waals surface area contributed by atoms with Crippen molar-refractivity contribution in [2.45, 2.75) is 36.3 Å². The molecule has 0 radical (unpaired) electrons. The second-order valence-electron chi connectivity index (χ2n) is 8.48. The van der Waals surface area contributed by atoms with Crippen LogP contribution in [0.4, 0.5) is 5.69 Å². The maximum Gasteiger partial charge on any atom is 0.264 e. The van der Waals surface area contributed by atoms with Crippen LogP contribution in [0.3, 0.4) is 0 Å². The van der Waals surface area contributed by atoms with Gasteiger partial charge in [0, 0.05) is 31.8 Å². The fourth-order valence-electron chi connectivity index (χ4n) is 4.30. The number of hydrogen-bond donors (Lipinski definition) is 0. The SMILES string of the molecule is CN(c1ccccc1)S(=O)(=O)c1ccc(C(=O)N(C[C@@H]2CCCO2)[C@@H]2CCS(=O)(=O)C2)cc1. The molecule has 2 fully saturated rings. The molecule has 0 aliphatic carbocycles. The Morgan fingerprint density at radius 3 is 2.33 bits per heavy atom. The van der Waals surface area contributed by atoms with E-state index in [0.717, 1.165) is 12.8 Å². The van der Waals surface area contributed by atoms with Gasteiger partial charge in [-0.15, -0.1) is 0 Å². The molecule has 2 aliphatic rings. The van der Waals surface area contributed by atoms with E-state index < -0.39 is 25.9 Å². The third-order valence-corrected chi connectivity index (χ3v) is 9.76. The van der Waals surface area contributed by atoms with E-state index in [1.165, 1.54) is 35.6 Å². The molecule has 1 amide bonds. The Labute approximate surface area is 195 Å². The number of rotatable bonds is 7. The summed E-state index contributed by atoms with van der Waals surface area (Å²) in [6.07, 6.45) is 2.02. The molecule has 2 aromatic rings. The van der Waals surface area contributed by atoms with Gasteiger partial charge in [-0.25, -0.2) is 16.8 Å². The minimum absolute atomic E-state index is 0.0558. The Balaban J connectivity index is 1.56. The number of carbonyl (C=O) groups is 1. The topological polar surface area (TPSA) is 101 Å². The van der Waals surface area contributed by atoms with Crippen LogP contribution in [0.5, 0.6) is 0 Å². The standard InChI is InChI=1S/C23H28N2O6S2/c1-24(19-6-3-2-4-7-19)33(29,30)22-11-9-18(10-12-22)23(26)25(16-21-8-5-14-31-21)20-13-15-32(27,28)17-20/h2-4,6-7,9-12,20-21H,5,8,13-17H2,1H3/t20-,21+/m1/s1. The summed E-state index contributed by atoms with van der Waals surface area (Å²) in [5.74, 6) is -0.302. The number of carbonyl (C=O) groups excluding carboxylic acids is 1. The fraction of sp³-hybridized carbons (Fsp3) is 0.435. The van der Waals surface area contributed by atoms with E-state index in [2.05, 4.69) is 0 Å². The number of benzene rings is 2. The van der Waals surface area contributed by atoms with E-state index in [4.69, 9.17) is 4.74 Å².